The number of aromatic nitrogens is 1. The molecule has 2 rings (SSSR count). The average molecular weight is 238 g/mol. The van der Waals surface area contributed by atoms with E-state index in [-0.39, 0.29) is 11.8 Å². The van der Waals surface area contributed by atoms with Crippen LogP contribution >= 0.6 is 11.3 Å². The molecule has 3 nitrogen and oxygen atoms in total. The first-order chi connectivity index (χ1) is 7.66. The molecule has 0 aromatic carbocycles. The van der Waals surface area contributed by atoms with E-state index in [0.29, 0.717) is 5.92 Å². The predicted octanol–water partition coefficient (Wildman–Crippen LogP) is 3.40. The maximum absolute atomic E-state index is 11.8. The Bertz CT molecular complexity index is 367. The quantitative estimate of drug-likeness (QED) is 0.877. The van der Waals surface area contributed by atoms with Crippen LogP contribution in [0, 0.1) is 5.92 Å². The van der Waals surface area contributed by atoms with Gasteiger partial charge >= 0.3 is 0 Å². The molecule has 0 saturated heterocycles. The highest BCUT2D eigenvalue weighted by Gasteiger charge is 2.23. The fraction of sp³-hybridized carbons (Fsp3) is 0.667. The largest absolute Gasteiger partial charge is 0.302 e. The van der Waals surface area contributed by atoms with Crippen molar-refractivity contribution in [2.45, 2.75) is 45.4 Å². The van der Waals surface area contributed by atoms with Crippen LogP contribution in [0.25, 0.3) is 0 Å². The van der Waals surface area contributed by atoms with E-state index in [0.717, 1.165) is 23.7 Å². The van der Waals surface area contributed by atoms with Crippen LogP contribution in [0.1, 0.15) is 51.1 Å². The highest BCUT2D eigenvalue weighted by atomic mass is 32.1. The summed E-state index contributed by atoms with van der Waals surface area (Å²) in [4.78, 5) is 16.3. The van der Waals surface area contributed by atoms with E-state index in [9.17, 15) is 4.79 Å². The van der Waals surface area contributed by atoms with Crippen molar-refractivity contribution in [3.05, 3.63) is 11.1 Å². The number of nitrogens with one attached hydrogen (secondary N) is 1. The summed E-state index contributed by atoms with van der Waals surface area (Å²) in [5.41, 5.74) is 1.06. The Hall–Kier alpha value is -0.900. The maximum atomic E-state index is 11.8. The fourth-order valence-electron chi connectivity index (χ4n) is 2.00. The smallest absolute Gasteiger partial charge is 0.229 e. The maximum Gasteiger partial charge on any atom is 0.229 e. The number of nitrogens with zero attached hydrogens (tertiary/aromatic N) is 1. The van der Waals surface area contributed by atoms with Gasteiger partial charge in [-0.2, -0.15) is 0 Å². The Morgan fingerprint density at radius 3 is 2.75 bits per heavy atom. The van der Waals surface area contributed by atoms with Crippen molar-refractivity contribution in [2.75, 3.05) is 5.32 Å². The van der Waals surface area contributed by atoms with Crippen LogP contribution in [0.5, 0.6) is 0 Å². The second-order valence-electron chi connectivity index (χ2n) is 4.70. The molecule has 0 unspecified atom stereocenters. The Kier molecular flexibility index (Phi) is 3.59. The number of amides is 1. The van der Waals surface area contributed by atoms with Crippen molar-refractivity contribution < 1.29 is 4.79 Å². The molecule has 1 heterocycles. The molecule has 4 heteroatoms. The molecular formula is C12H18N2OS. The van der Waals surface area contributed by atoms with E-state index in [4.69, 9.17) is 0 Å². The molecule has 1 fully saturated rings. The molecule has 88 valence electrons. The summed E-state index contributed by atoms with van der Waals surface area (Å²) < 4.78 is 0. The third-order valence-corrected chi connectivity index (χ3v) is 3.85. The van der Waals surface area contributed by atoms with Crippen LogP contribution in [0.2, 0.25) is 0 Å². The lowest BCUT2D eigenvalue weighted by molar-refractivity contribution is -0.119. The highest BCUT2D eigenvalue weighted by Crippen LogP contribution is 2.27. The van der Waals surface area contributed by atoms with Crippen molar-refractivity contribution in [3.8, 4) is 0 Å². The van der Waals surface area contributed by atoms with Gasteiger partial charge in [-0.15, -0.1) is 11.3 Å². The Labute approximate surface area is 100 Å². The molecule has 1 saturated carbocycles. The lowest BCUT2D eigenvalue weighted by atomic mass is 10.1. The van der Waals surface area contributed by atoms with Crippen molar-refractivity contribution in [1.82, 2.24) is 4.98 Å². The van der Waals surface area contributed by atoms with E-state index in [1.807, 2.05) is 5.38 Å². The van der Waals surface area contributed by atoms with E-state index in [1.54, 1.807) is 0 Å². The molecule has 0 spiro atoms. The number of anilines is 1. The van der Waals surface area contributed by atoms with Crippen LogP contribution in [0.15, 0.2) is 5.38 Å². The molecule has 16 heavy (non-hydrogen) atoms. The summed E-state index contributed by atoms with van der Waals surface area (Å²) in [7, 11) is 0. The second-order valence-corrected chi connectivity index (χ2v) is 5.56. The van der Waals surface area contributed by atoms with Gasteiger partial charge in [0.15, 0.2) is 5.13 Å². The third kappa shape index (κ3) is 2.61. The molecular weight excluding hydrogens is 220 g/mol. The van der Waals surface area contributed by atoms with Gasteiger partial charge < -0.3 is 5.32 Å². The zero-order chi connectivity index (χ0) is 11.5. The Balaban J connectivity index is 1.95. The first kappa shape index (κ1) is 11.6. The molecule has 0 aliphatic heterocycles. The van der Waals surface area contributed by atoms with Crippen molar-refractivity contribution in [3.63, 3.8) is 0 Å². The molecule has 0 radical (unpaired) electrons. The van der Waals surface area contributed by atoms with Gasteiger partial charge in [0.05, 0.1) is 5.69 Å². The van der Waals surface area contributed by atoms with Crippen LogP contribution in [0.4, 0.5) is 5.13 Å². The summed E-state index contributed by atoms with van der Waals surface area (Å²) in [5.74, 6) is 0.793. The lowest BCUT2D eigenvalue weighted by Crippen LogP contribution is -2.20. The number of carbonyl (C=O) groups excluding carboxylic acids is 1. The van der Waals surface area contributed by atoms with Gasteiger partial charge in [0.1, 0.15) is 0 Å². The summed E-state index contributed by atoms with van der Waals surface area (Å²) >= 11 is 1.52. The zero-order valence-electron chi connectivity index (χ0n) is 9.82. The monoisotopic (exact) mass is 238 g/mol. The van der Waals surface area contributed by atoms with E-state index in [2.05, 4.69) is 24.1 Å². The average Bonchev–Trinajstić information content (AvgIpc) is 2.87. The first-order valence-electron chi connectivity index (χ1n) is 5.93. The van der Waals surface area contributed by atoms with Gasteiger partial charge in [-0.1, -0.05) is 26.7 Å². The molecule has 1 amide bonds. The first-order valence-corrected chi connectivity index (χ1v) is 6.81. The molecule has 1 aromatic rings. The lowest BCUT2D eigenvalue weighted by Gasteiger charge is -2.07. The number of hydrogen-bond acceptors (Lipinski definition) is 3. The van der Waals surface area contributed by atoms with E-state index in [1.165, 1.54) is 24.2 Å². The Morgan fingerprint density at radius 2 is 2.19 bits per heavy atom. The SMILES string of the molecule is CC(C)c1csc(NC(=O)C2CCCC2)n1. The minimum atomic E-state index is 0.155. The minimum absolute atomic E-state index is 0.155. The third-order valence-electron chi connectivity index (χ3n) is 3.07. The summed E-state index contributed by atoms with van der Waals surface area (Å²) in [6, 6.07) is 0. The van der Waals surface area contributed by atoms with Gasteiger partial charge in [0, 0.05) is 11.3 Å². The van der Waals surface area contributed by atoms with Crippen LogP contribution in [0.3, 0.4) is 0 Å². The molecule has 0 atom stereocenters. The number of hydrogen-bond donors (Lipinski definition) is 1. The van der Waals surface area contributed by atoms with Gasteiger partial charge in [-0.25, -0.2) is 4.98 Å². The molecule has 1 aliphatic rings. The van der Waals surface area contributed by atoms with Crippen LogP contribution in [-0.2, 0) is 4.79 Å². The number of rotatable bonds is 3. The van der Waals surface area contributed by atoms with Gasteiger partial charge in [0.25, 0.3) is 0 Å². The predicted molar refractivity (Wildman–Crippen MR) is 66.8 cm³/mol. The van der Waals surface area contributed by atoms with Gasteiger partial charge in [-0.3, -0.25) is 4.79 Å². The minimum Gasteiger partial charge on any atom is -0.302 e. The molecule has 1 N–H and O–H groups in total. The Morgan fingerprint density at radius 1 is 1.50 bits per heavy atom. The zero-order valence-corrected chi connectivity index (χ0v) is 10.6. The molecule has 1 aliphatic carbocycles. The summed E-state index contributed by atoms with van der Waals surface area (Å²) in [6.07, 6.45) is 4.45. The van der Waals surface area contributed by atoms with Crippen molar-refractivity contribution in [2.24, 2.45) is 5.92 Å². The summed E-state index contributed by atoms with van der Waals surface area (Å²) in [5, 5.41) is 5.70. The highest BCUT2D eigenvalue weighted by molar-refractivity contribution is 7.13. The molecule has 0 bridgehead atoms. The summed E-state index contributed by atoms with van der Waals surface area (Å²) in [6.45, 7) is 4.22. The second kappa shape index (κ2) is 4.95. The van der Waals surface area contributed by atoms with E-state index < -0.39 is 0 Å². The normalized spacial score (nSPS) is 16.9. The number of carbonyl (C=O) groups is 1. The van der Waals surface area contributed by atoms with Crippen molar-refractivity contribution in [1.29, 1.82) is 0 Å². The van der Waals surface area contributed by atoms with Crippen LogP contribution < -0.4 is 5.32 Å². The molecule has 1 aromatic heterocycles. The van der Waals surface area contributed by atoms with Crippen molar-refractivity contribution >= 4 is 22.4 Å². The standard InChI is InChI=1S/C12H18N2OS/c1-8(2)10-7-16-12(13-10)14-11(15)9-5-3-4-6-9/h7-9H,3-6H2,1-2H3,(H,13,14,15). The fourth-order valence-corrected chi connectivity index (χ4v) is 2.88. The van der Waals surface area contributed by atoms with Gasteiger partial charge in [-0.05, 0) is 18.8 Å². The van der Waals surface area contributed by atoms with E-state index >= 15 is 0 Å². The van der Waals surface area contributed by atoms with Crippen LogP contribution in [-0.4, -0.2) is 10.9 Å². The van der Waals surface area contributed by atoms with Gasteiger partial charge in [0.2, 0.25) is 5.91 Å². The number of thiazole rings is 1. The topological polar surface area (TPSA) is 42.0 Å².